The van der Waals surface area contributed by atoms with E-state index < -0.39 is 0 Å². The Hall–Kier alpha value is -0.810. The van der Waals surface area contributed by atoms with Crippen LogP contribution >= 0.6 is 11.8 Å². The van der Waals surface area contributed by atoms with E-state index in [2.05, 4.69) is 16.8 Å². The number of aromatic nitrogens is 2. The van der Waals surface area contributed by atoms with Crippen LogP contribution in [-0.4, -0.2) is 16.0 Å². The van der Waals surface area contributed by atoms with Gasteiger partial charge < -0.3 is 10.2 Å². The topological polar surface area (TPSA) is 64.9 Å². The summed E-state index contributed by atoms with van der Waals surface area (Å²) in [7, 11) is 0. The Kier molecular flexibility index (Phi) is 3.13. The van der Waals surface area contributed by atoms with Gasteiger partial charge in [-0.15, -0.1) is 16.8 Å². The minimum absolute atomic E-state index is 0.293. The maximum atomic E-state index is 5.27. The Morgan fingerprint density at radius 2 is 2.45 bits per heavy atom. The van der Waals surface area contributed by atoms with E-state index in [-0.39, 0.29) is 0 Å². The highest BCUT2D eigenvalue weighted by Crippen LogP contribution is 2.14. The van der Waals surface area contributed by atoms with Crippen LogP contribution in [0.3, 0.4) is 0 Å². The molecule has 0 saturated heterocycles. The lowest BCUT2D eigenvalue weighted by Gasteiger charge is -1.86. The van der Waals surface area contributed by atoms with Gasteiger partial charge in [0.15, 0.2) is 0 Å². The molecule has 1 aromatic heterocycles. The van der Waals surface area contributed by atoms with Crippen LogP contribution in [-0.2, 0) is 6.54 Å². The van der Waals surface area contributed by atoms with E-state index in [0.717, 1.165) is 5.75 Å². The van der Waals surface area contributed by atoms with Crippen LogP contribution in [0.4, 0.5) is 0 Å². The molecule has 0 aliphatic carbocycles. The van der Waals surface area contributed by atoms with Crippen molar-refractivity contribution in [3.05, 3.63) is 18.5 Å². The second-order valence-electron chi connectivity index (χ2n) is 1.77. The molecule has 0 amide bonds. The molecule has 0 atom stereocenters. The van der Waals surface area contributed by atoms with Crippen molar-refractivity contribution in [3.63, 3.8) is 0 Å². The molecule has 0 bridgehead atoms. The number of nitrogens with two attached hydrogens (primary N) is 1. The first-order valence-corrected chi connectivity index (χ1v) is 4.11. The molecule has 11 heavy (non-hydrogen) atoms. The molecule has 0 spiro atoms. The van der Waals surface area contributed by atoms with E-state index in [0.29, 0.717) is 17.7 Å². The third kappa shape index (κ3) is 2.36. The molecule has 0 aliphatic rings. The standard InChI is InChI=1S/C6H9N3OS/c1-2-3-11-6-9-8-5(4-7)10-6/h2H,1,3-4,7H2. The van der Waals surface area contributed by atoms with Crippen LogP contribution in [0.25, 0.3) is 0 Å². The van der Waals surface area contributed by atoms with E-state index >= 15 is 0 Å². The highest BCUT2D eigenvalue weighted by atomic mass is 32.2. The number of hydrogen-bond donors (Lipinski definition) is 1. The van der Waals surface area contributed by atoms with Gasteiger partial charge in [0, 0.05) is 5.75 Å². The van der Waals surface area contributed by atoms with Crippen molar-refractivity contribution in [1.82, 2.24) is 10.2 Å². The predicted molar refractivity (Wildman–Crippen MR) is 43.1 cm³/mol. The zero-order chi connectivity index (χ0) is 8.10. The Morgan fingerprint density at radius 3 is 3.00 bits per heavy atom. The van der Waals surface area contributed by atoms with E-state index in [9.17, 15) is 0 Å². The monoisotopic (exact) mass is 171 g/mol. The van der Waals surface area contributed by atoms with Crippen molar-refractivity contribution in [3.8, 4) is 0 Å². The maximum absolute atomic E-state index is 5.27. The molecule has 4 nitrogen and oxygen atoms in total. The number of rotatable bonds is 4. The SMILES string of the molecule is C=CCSc1nnc(CN)o1. The summed E-state index contributed by atoms with van der Waals surface area (Å²) >= 11 is 1.44. The van der Waals surface area contributed by atoms with E-state index in [1.54, 1.807) is 6.08 Å². The van der Waals surface area contributed by atoms with Gasteiger partial charge in [-0.25, -0.2) is 0 Å². The van der Waals surface area contributed by atoms with E-state index in [4.69, 9.17) is 10.2 Å². The molecule has 0 saturated carbocycles. The molecule has 0 aliphatic heterocycles. The van der Waals surface area contributed by atoms with Crippen LogP contribution in [0.2, 0.25) is 0 Å². The summed E-state index contributed by atoms with van der Waals surface area (Å²) in [6.07, 6.45) is 1.77. The van der Waals surface area contributed by atoms with Crippen molar-refractivity contribution < 1.29 is 4.42 Å². The number of thioether (sulfide) groups is 1. The first-order chi connectivity index (χ1) is 5.36. The molecule has 60 valence electrons. The Morgan fingerprint density at radius 1 is 1.64 bits per heavy atom. The summed E-state index contributed by atoms with van der Waals surface area (Å²) in [5.74, 6) is 1.24. The molecule has 0 fully saturated rings. The quantitative estimate of drug-likeness (QED) is 0.536. The molecule has 0 radical (unpaired) electrons. The minimum Gasteiger partial charge on any atom is -0.415 e. The highest BCUT2D eigenvalue weighted by molar-refractivity contribution is 7.99. The Bertz CT molecular complexity index is 235. The molecule has 5 heteroatoms. The van der Waals surface area contributed by atoms with Crippen LogP contribution in [0.15, 0.2) is 22.3 Å². The zero-order valence-electron chi connectivity index (χ0n) is 5.99. The molecular formula is C6H9N3OS. The van der Waals surface area contributed by atoms with Gasteiger partial charge in [0.05, 0.1) is 6.54 Å². The number of nitrogens with zero attached hydrogens (tertiary/aromatic N) is 2. The van der Waals surface area contributed by atoms with Crippen molar-refractivity contribution in [2.24, 2.45) is 5.73 Å². The first kappa shape index (κ1) is 8.29. The summed E-state index contributed by atoms with van der Waals surface area (Å²) in [6, 6.07) is 0. The first-order valence-electron chi connectivity index (χ1n) is 3.13. The van der Waals surface area contributed by atoms with Crippen LogP contribution < -0.4 is 5.73 Å². The summed E-state index contributed by atoms with van der Waals surface area (Å²) in [5.41, 5.74) is 5.27. The van der Waals surface area contributed by atoms with Gasteiger partial charge >= 0.3 is 0 Å². The van der Waals surface area contributed by atoms with Gasteiger partial charge in [-0.3, -0.25) is 0 Å². The third-order valence-electron chi connectivity index (χ3n) is 0.948. The van der Waals surface area contributed by atoms with Gasteiger partial charge in [-0.2, -0.15) is 0 Å². The molecular weight excluding hydrogens is 162 g/mol. The minimum atomic E-state index is 0.293. The van der Waals surface area contributed by atoms with Crippen molar-refractivity contribution in [2.75, 3.05) is 5.75 Å². The maximum Gasteiger partial charge on any atom is 0.276 e. The fourth-order valence-electron chi connectivity index (χ4n) is 0.509. The van der Waals surface area contributed by atoms with Crippen LogP contribution in [0.1, 0.15) is 5.89 Å². The van der Waals surface area contributed by atoms with Gasteiger partial charge in [0.1, 0.15) is 0 Å². The molecule has 1 aromatic rings. The summed E-state index contributed by atoms with van der Waals surface area (Å²) in [5, 5.41) is 7.98. The fraction of sp³-hybridized carbons (Fsp3) is 0.333. The third-order valence-corrected chi connectivity index (χ3v) is 1.76. The van der Waals surface area contributed by atoms with Crippen molar-refractivity contribution >= 4 is 11.8 Å². The second-order valence-corrected chi connectivity index (χ2v) is 2.74. The van der Waals surface area contributed by atoms with Crippen LogP contribution in [0.5, 0.6) is 0 Å². The lowest BCUT2D eigenvalue weighted by Crippen LogP contribution is -1.95. The molecule has 0 aromatic carbocycles. The van der Waals surface area contributed by atoms with Crippen molar-refractivity contribution in [1.29, 1.82) is 0 Å². The molecule has 0 unspecified atom stereocenters. The predicted octanol–water partition coefficient (Wildman–Crippen LogP) is 0.806. The van der Waals surface area contributed by atoms with Gasteiger partial charge in [0.25, 0.3) is 5.22 Å². The Labute approximate surface area is 68.9 Å². The lowest BCUT2D eigenvalue weighted by molar-refractivity contribution is 0.415. The van der Waals surface area contributed by atoms with E-state index in [1.165, 1.54) is 11.8 Å². The van der Waals surface area contributed by atoms with Gasteiger partial charge in [-0.1, -0.05) is 17.8 Å². The second kappa shape index (κ2) is 4.15. The van der Waals surface area contributed by atoms with Gasteiger partial charge in [-0.05, 0) is 0 Å². The number of hydrogen-bond acceptors (Lipinski definition) is 5. The molecule has 1 heterocycles. The smallest absolute Gasteiger partial charge is 0.276 e. The lowest BCUT2D eigenvalue weighted by atomic mass is 10.7. The summed E-state index contributed by atoms with van der Waals surface area (Å²) in [6.45, 7) is 3.86. The molecule has 1 rings (SSSR count). The fourth-order valence-corrected chi connectivity index (χ4v) is 1.02. The Balaban J connectivity index is 2.50. The van der Waals surface area contributed by atoms with E-state index in [1.807, 2.05) is 0 Å². The average molecular weight is 171 g/mol. The molecule has 2 N–H and O–H groups in total. The zero-order valence-corrected chi connectivity index (χ0v) is 6.80. The average Bonchev–Trinajstić information content (AvgIpc) is 2.48. The highest BCUT2D eigenvalue weighted by Gasteiger charge is 2.02. The van der Waals surface area contributed by atoms with Gasteiger partial charge in [0.2, 0.25) is 5.89 Å². The largest absolute Gasteiger partial charge is 0.415 e. The summed E-state index contributed by atoms with van der Waals surface area (Å²) < 4.78 is 5.10. The van der Waals surface area contributed by atoms with Crippen LogP contribution in [0, 0.1) is 0 Å². The van der Waals surface area contributed by atoms with Crippen molar-refractivity contribution in [2.45, 2.75) is 11.8 Å². The normalized spacial score (nSPS) is 9.91. The summed E-state index contributed by atoms with van der Waals surface area (Å²) in [4.78, 5) is 0.